The Kier molecular flexibility index (Phi) is 3.90. The molecule has 3 nitrogen and oxygen atoms in total. The van der Waals surface area contributed by atoms with Crippen molar-refractivity contribution in [2.45, 2.75) is 25.4 Å². The summed E-state index contributed by atoms with van der Waals surface area (Å²) in [4.78, 5) is 4.23. The summed E-state index contributed by atoms with van der Waals surface area (Å²) >= 11 is 6.12. The molecule has 2 aromatic rings. The van der Waals surface area contributed by atoms with E-state index in [0.717, 1.165) is 29.0 Å². The molecule has 20 heavy (non-hydrogen) atoms. The Morgan fingerprint density at radius 2 is 2.20 bits per heavy atom. The lowest BCUT2D eigenvalue weighted by Gasteiger charge is -2.13. The molecule has 1 aromatic heterocycles. The van der Waals surface area contributed by atoms with Crippen LogP contribution in [0.1, 0.15) is 16.8 Å². The average molecular weight is 290 g/mol. The topological polar surface area (TPSA) is 42.4 Å². The highest BCUT2D eigenvalue weighted by Gasteiger charge is 2.19. The van der Waals surface area contributed by atoms with E-state index in [-0.39, 0.29) is 0 Å². The monoisotopic (exact) mass is 289 g/mol. The van der Waals surface area contributed by atoms with Gasteiger partial charge in [0.25, 0.3) is 0 Å². The second kappa shape index (κ2) is 5.81. The van der Waals surface area contributed by atoms with Crippen LogP contribution < -0.4 is 4.74 Å². The SMILES string of the molecule is OC(Cc1ccccn1)Cc1cc(Cl)cc2c1OCC2. The highest BCUT2D eigenvalue weighted by molar-refractivity contribution is 6.30. The van der Waals surface area contributed by atoms with E-state index in [1.165, 1.54) is 0 Å². The second-order valence-corrected chi connectivity index (χ2v) is 5.47. The first kappa shape index (κ1) is 13.4. The largest absolute Gasteiger partial charge is 0.493 e. The van der Waals surface area contributed by atoms with Gasteiger partial charge in [-0.15, -0.1) is 0 Å². The van der Waals surface area contributed by atoms with Crippen LogP contribution in [0.4, 0.5) is 0 Å². The maximum absolute atomic E-state index is 10.2. The minimum Gasteiger partial charge on any atom is -0.493 e. The fourth-order valence-corrected chi connectivity index (χ4v) is 2.85. The number of hydrogen-bond acceptors (Lipinski definition) is 3. The van der Waals surface area contributed by atoms with Crippen molar-refractivity contribution in [3.05, 3.63) is 58.4 Å². The van der Waals surface area contributed by atoms with Crippen LogP contribution in [0.5, 0.6) is 5.75 Å². The lowest BCUT2D eigenvalue weighted by atomic mass is 10.0. The van der Waals surface area contributed by atoms with Gasteiger partial charge >= 0.3 is 0 Å². The Labute approximate surface area is 123 Å². The normalized spacial score (nSPS) is 14.7. The third-order valence-electron chi connectivity index (χ3n) is 3.45. The van der Waals surface area contributed by atoms with E-state index in [1.54, 1.807) is 6.20 Å². The first-order valence-corrected chi connectivity index (χ1v) is 7.12. The number of pyridine rings is 1. The van der Waals surface area contributed by atoms with Gasteiger partial charge in [0.05, 0.1) is 12.7 Å². The molecule has 0 saturated heterocycles. The molecule has 0 amide bonds. The molecule has 1 aliphatic heterocycles. The molecule has 2 heterocycles. The number of ether oxygens (including phenoxy) is 1. The van der Waals surface area contributed by atoms with Gasteiger partial charge in [-0.3, -0.25) is 4.98 Å². The quantitative estimate of drug-likeness (QED) is 0.941. The van der Waals surface area contributed by atoms with E-state index in [9.17, 15) is 5.11 Å². The fourth-order valence-electron chi connectivity index (χ4n) is 2.58. The van der Waals surface area contributed by atoms with Crippen LogP contribution in [0.25, 0.3) is 0 Å². The van der Waals surface area contributed by atoms with Crippen LogP contribution in [0.15, 0.2) is 36.5 Å². The first-order valence-electron chi connectivity index (χ1n) is 6.74. The molecule has 1 N–H and O–H groups in total. The van der Waals surface area contributed by atoms with Crippen LogP contribution in [-0.2, 0) is 19.3 Å². The molecule has 1 unspecified atom stereocenters. The van der Waals surface area contributed by atoms with Crippen molar-refractivity contribution < 1.29 is 9.84 Å². The zero-order chi connectivity index (χ0) is 13.9. The van der Waals surface area contributed by atoms with E-state index < -0.39 is 6.10 Å². The van der Waals surface area contributed by atoms with Gasteiger partial charge in [-0.2, -0.15) is 0 Å². The molecule has 0 bridgehead atoms. The Morgan fingerprint density at radius 1 is 1.30 bits per heavy atom. The molecule has 0 aliphatic carbocycles. The summed E-state index contributed by atoms with van der Waals surface area (Å²) < 4.78 is 5.65. The zero-order valence-corrected chi connectivity index (χ0v) is 11.8. The number of rotatable bonds is 4. The first-order chi connectivity index (χ1) is 9.72. The standard InChI is InChI=1S/C16H16ClNO2/c17-13-7-11-4-6-20-16(11)12(8-13)9-15(19)10-14-3-1-2-5-18-14/h1-3,5,7-8,15,19H,4,6,9-10H2. The third-order valence-corrected chi connectivity index (χ3v) is 3.67. The molecular formula is C16H16ClNO2. The molecule has 104 valence electrons. The van der Waals surface area contributed by atoms with E-state index in [4.69, 9.17) is 16.3 Å². The summed E-state index contributed by atoms with van der Waals surface area (Å²) in [5.74, 6) is 0.898. The maximum Gasteiger partial charge on any atom is 0.126 e. The van der Waals surface area contributed by atoms with Gasteiger partial charge in [0.1, 0.15) is 5.75 Å². The van der Waals surface area contributed by atoms with Gasteiger partial charge in [-0.25, -0.2) is 0 Å². The predicted octanol–water partition coefficient (Wildman–Crippen LogP) is 2.82. The molecule has 0 radical (unpaired) electrons. The van der Waals surface area contributed by atoms with Crippen molar-refractivity contribution in [2.24, 2.45) is 0 Å². The van der Waals surface area contributed by atoms with Crippen molar-refractivity contribution in [1.29, 1.82) is 0 Å². The second-order valence-electron chi connectivity index (χ2n) is 5.03. The van der Waals surface area contributed by atoms with Crippen LogP contribution in [0, 0.1) is 0 Å². The molecule has 1 atom stereocenters. The van der Waals surface area contributed by atoms with Crippen LogP contribution in [0.2, 0.25) is 5.02 Å². The molecule has 0 fully saturated rings. The van der Waals surface area contributed by atoms with Gasteiger partial charge in [0, 0.05) is 36.2 Å². The van der Waals surface area contributed by atoms with Gasteiger partial charge in [0.15, 0.2) is 0 Å². The van der Waals surface area contributed by atoms with Gasteiger partial charge in [-0.05, 0) is 35.4 Å². The summed E-state index contributed by atoms with van der Waals surface area (Å²) in [7, 11) is 0. The summed E-state index contributed by atoms with van der Waals surface area (Å²) in [6.45, 7) is 0.693. The maximum atomic E-state index is 10.2. The summed E-state index contributed by atoms with van der Waals surface area (Å²) in [6.07, 6.45) is 3.19. The Balaban J connectivity index is 1.75. The van der Waals surface area contributed by atoms with Crippen LogP contribution in [0.3, 0.4) is 0 Å². The minimum absolute atomic E-state index is 0.489. The lowest BCUT2D eigenvalue weighted by Crippen LogP contribution is -2.15. The highest BCUT2D eigenvalue weighted by Crippen LogP contribution is 2.33. The van der Waals surface area contributed by atoms with Crippen molar-refractivity contribution in [2.75, 3.05) is 6.61 Å². The molecular weight excluding hydrogens is 274 g/mol. The number of aliphatic hydroxyl groups excluding tert-OH is 1. The van der Waals surface area contributed by atoms with Gasteiger partial charge in [0.2, 0.25) is 0 Å². The number of nitrogens with zero attached hydrogens (tertiary/aromatic N) is 1. The van der Waals surface area contributed by atoms with E-state index in [0.29, 0.717) is 24.5 Å². The van der Waals surface area contributed by atoms with Crippen molar-refractivity contribution in [1.82, 2.24) is 4.98 Å². The fraction of sp³-hybridized carbons (Fsp3) is 0.312. The lowest BCUT2D eigenvalue weighted by molar-refractivity contribution is 0.173. The van der Waals surface area contributed by atoms with Crippen molar-refractivity contribution in [3.63, 3.8) is 0 Å². The van der Waals surface area contributed by atoms with Gasteiger partial charge in [-0.1, -0.05) is 17.7 Å². The number of hydrogen-bond donors (Lipinski definition) is 1. The number of halogens is 1. The molecule has 4 heteroatoms. The van der Waals surface area contributed by atoms with E-state index >= 15 is 0 Å². The molecule has 0 spiro atoms. The zero-order valence-electron chi connectivity index (χ0n) is 11.1. The average Bonchev–Trinajstić information content (AvgIpc) is 2.88. The highest BCUT2D eigenvalue weighted by atomic mass is 35.5. The predicted molar refractivity (Wildman–Crippen MR) is 78.3 cm³/mol. The molecule has 3 rings (SSSR count). The van der Waals surface area contributed by atoms with Crippen molar-refractivity contribution >= 4 is 11.6 Å². The molecule has 1 aliphatic rings. The van der Waals surface area contributed by atoms with Gasteiger partial charge < -0.3 is 9.84 Å². The van der Waals surface area contributed by atoms with E-state index in [2.05, 4.69) is 4.98 Å². The minimum atomic E-state index is -0.489. The van der Waals surface area contributed by atoms with Crippen LogP contribution in [-0.4, -0.2) is 22.8 Å². The summed E-state index contributed by atoms with van der Waals surface area (Å²) in [6, 6.07) is 9.54. The number of aromatic nitrogens is 1. The third kappa shape index (κ3) is 2.94. The van der Waals surface area contributed by atoms with Crippen LogP contribution >= 0.6 is 11.6 Å². The molecule has 0 saturated carbocycles. The Bertz CT molecular complexity index is 601. The number of benzene rings is 1. The summed E-state index contributed by atoms with van der Waals surface area (Å²) in [5.41, 5.74) is 3.01. The smallest absolute Gasteiger partial charge is 0.126 e. The van der Waals surface area contributed by atoms with E-state index in [1.807, 2.05) is 30.3 Å². The molecule has 1 aromatic carbocycles. The summed E-state index contributed by atoms with van der Waals surface area (Å²) in [5, 5.41) is 10.9. The number of aliphatic hydroxyl groups is 1. The van der Waals surface area contributed by atoms with Crippen molar-refractivity contribution in [3.8, 4) is 5.75 Å². The Morgan fingerprint density at radius 3 is 3.00 bits per heavy atom. The Hall–Kier alpha value is -1.58. The number of fused-ring (bicyclic) bond motifs is 1.